The maximum atomic E-state index is 13.2. The predicted octanol–water partition coefficient (Wildman–Crippen LogP) is 4.77. The Kier molecular flexibility index (Phi) is 8.34. The summed E-state index contributed by atoms with van der Waals surface area (Å²) in [5.74, 6) is 0.300. The Morgan fingerprint density at radius 3 is 2.73 bits per heavy atom. The third kappa shape index (κ3) is 5.69. The molecule has 1 aromatic carbocycles. The smallest absolute Gasteiger partial charge is 0.341 e. The molecular formula is C18H21FN2O2S3. The van der Waals surface area contributed by atoms with Gasteiger partial charge in [0, 0.05) is 17.5 Å². The number of nitrogens with one attached hydrogen (secondary N) is 2. The Hall–Kier alpha value is -1.64. The standard InChI is InChI=1S/C18H21FN2O2S3/c1-3-23-17(22)15-14(12-5-7-13(19)8-6-12)11-26-16(15)21-18(24)20-9-4-10-25-2/h5-8,11H,3-4,9-10H2,1-2H3,(H2,20,21,24). The highest BCUT2D eigenvalue weighted by atomic mass is 32.2. The van der Waals surface area contributed by atoms with Gasteiger partial charge in [-0.25, -0.2) is 9.18 Å². The molecule has 0 fully saturated rings. The second kappa shape index (κ2) is 10.5. The van der Waals surface area contributed by atoms with Gasteiger partial charge < -0.3 is 15.4 Å². The van der Waals surface area contributed by atoms with E-state index in [9.17, 15) is 9.18 Å². The maximum absolute atomic E-state index is 13.2. The van der Waals surface area contributed by atoms with Crippen molar-refractivity contribution >= 4 is 51.4 Å². The van der Waals surface area contributed by atoms with Crippen molar-refractivity contribution in [2.45, 2.75) is 13.3 Å². The molecule has 0 aliphatic carbocycles. The minimum atomic E-state index is -0.430. The van der Waals surface area contributed by atoms with E-state index in [0.29, 0.717) is 21.2 Å². The zero-order valence-corrected chi connectivity index (χ0v) is 17.1. The monoisotopic (exact) mass is 412 g/mol. The maximum Gasteiger partial charge on any atom is 0.341 e. The van der Waals surface area contributed by atoms with Crippen molar-refractivity contribution in [3.63, 3.8) is 0 Å². The van der Waals surface area contributed by atoms with Gasteiger partial charge in [-0.15, -0.1) is 11.3 Å². The number of benzene rings is 1. The first-order valence-corrected chi connectivity index (χ1v) is 10.8. The largest absolute Gasteiger partial charge is 0.462 e. The second-order valence-electron chi connectivity index (χ2n) is 5.31. The zero-order valence-electron chi connectivity index (χ0n) is 14.6. The molecule has 0 aliphatic rings. The summed E-state index contributed by atoms with van der Waals surface area (Å²) < 4.78 is 18.4. The molecule has 0 saturated carbocycles. The molecule has 8 heteroatoms. The van der Waals surface area contributed by atoms with Crippen molar-refractivity contribution < 1.29 is 13.9 Å². The molecule has 0 radical (unpaired) electrons. The molecule has 4 nitrogen and oxygen atoms in total. The molecule has 2 aromatic rings. The normalized spacial score (nSPS) is 10.4. The van der Waals surface area contributed by atoms with E-state index in [1.807, 2.05) is 5.38 Å². The van der Waals surface area contributed by atoms with E-state index < -0.39 is 5.97 Å². The number of anilines is 1. The Balaban J connectivity index is 2.21. The molecule has 2 N–H and O–H groups in total. The zero-order chi connectivity index (χ0) is 18.9. The molecule has 0 bridgehead atoms. The van der Waals surface area contributed by atoms with E-state index >= 15 is 0 Å². The number of thioether (sulfide) groups is 1. The van der Waals surface area contributed by atoms with Crippen molar-refractivity contribution in [1.82, 2.24) is 5.32 Å². The third-order valence-electron chi connectivity index (χ3n) is 3.46. The number of halogens is 1. The lowest BCUT2D eigenvalue weighted by Gasteiger charge is -2.11. The molecule has 0 amide bonds. The minimum Gasteiger partial charge on any atom is -0.462 e. The summed E-state index contributed by atoms with van der Waals surface area (Å²) in [6.07, 6.45) is 3.06. The molecule has 0 saturated heterocycles. The Labute approximate surface area is 166 Å². The lowest BCUT2D eigenvalue weighted by atomic mass is 10.0. The summed E-state index contributed by atoms with van der Waals surface area (Å²) in [7, 11) is 0. The van der Waals surface area contributed by atoms with Crippen LogP contribution in [0.4, 0.5) is 9.39 Å². The van der Waals surface area contributed by atoms with Crippen LogP contribution >= 0.6 is 35.3 Å². The number of thiophene rings is 1. The highest BCUT2D eigenvalue weighted by Gasteiger charge is 2.22. The van der Waals surface area contributed by atoms with Crippen molar-refractivity contribution in [2.75, 3.05) is 30.5 Å². The van der Waals surface area contributed by atoms with E-state index in [0.717, 1.165) is 24.3 Å². The van der Waals surface area contributed by atoms with Crippen LogP contribution in [0, 0.1) is 5.82 Å². The fourth-order valence-corrected chi connectivity index (χ4v) is 3.93. The number of thiocarbonyl (C=S) groups is 1. The summed E-state index contributed by atoms with van der Waals surface area (Å²) in [4.78, 5) is 12.5. The topological polar surface area (TPSA) is 50.4 Å². The van der Waals surface area contributed by atoms with Gasteiger partial charge >= 0.3 is 5.97 Å². The van der Waals surface area contributed by atoms with Gasteiger partial charge in [0.25, 0.3) is 0 Å². The molecule has 1 heterocycles. The summed E-state index contributed by atoms with van der Waals surface area (Å²) in [6, 6.07) is 6.02. The summed E-state index contributed by atoms with van der Waals surface area (Å²) in [5.41, 5.74) is 1.86. The van der Waals surface area contributed by atoms with Gasteiger partial charge in [0.15, 0.2) is 5.11 Å². The number of esters is 1. The van der Waals surface area contributed by atoms with E-state index in [1.165, 1.54) is 23.5 Å². The minimum absolute atomic E-state index is 0.272. The van der Waals surface area contributed by atoms with Gasteiger partial charge in [0.2, 0.25) is 0 Å². The molecule has 0 aliphatic heterocycles. The van der Waals surface area contributed by atoms with Gasteiger partial charge in [-0.1, -0.05) is 12.1 Å². The number of hydrogen-bond acceptors (Lipinski definition) is 5. The lowest BCUT2D eigenvalue weighted by molar-refractivity contribution is 0.0529. The molecule has 1 aromatic heterocycles. The Morgan fingerprint density at radius 1 is 1.35 bits per heavy atom. The number of hydrogen-bond donors (Lipinski definition) is 2. The molecule has 0 atom stereocenters. The Bertz CT molecular complexity index is 747. The van der Waals surface area contributed by atoms with E-state index in [-0.39, 0.29) is 12.4 Å². The lowest BCUT2D eigenvalue weighted by Crippen LogP contribution is -2.29. The summed E-state index contributed by atoms with van der Waals surface area (Å²) in [6.45, 7) is 2.79. The number of carbonyl (C=O) groups is 1. The Morgan fingerprint density at radius 2 is 2.08 bits per heavy atom. The van der Waals surface area contributed by atoms with Crippen LogP contribution in [0.3, 0.4) is 0 Å². The fourth-order valence-electron chi connectivity index (χ4n) is 2.26. The molecule has 0 spiro atoms. The second-order valence-corrected chi connectivity index (χ2v) is 7.58. The molecule has 2 rings (SSSR count). The highest BCUT2D eigenvalue weighted by Crippen LogP contribution is 2.36. The van der Waals surface area contributed by atoms with Crippen LogP contribution in [0.15, 0.2) is 29.6 Å². The number of ether oxygens (including phenoxy) is 1. The average Bonchev–Trinajstić information content (AvgIpc) is 3.03. The van der Waals surface area contributed by atoms with Crippen molar-refractivity contribution in [2.24, 2.45) is 0 Å². The van der Waals surface area contributed by atoms with Crippen LogP contribution in [-0.2, 0) is 4.74 Å². The average molecular weight is 413 g/mol. The SMILES string of the molecule is CCOC(=O)c1c(-c2ccc(F)cc2)csc1NC(=S)NCCCSC. The van der Waals surface area contributed by atoms with E-state index in [2.05, 4.69) is 16.9 Å². The van der Waals surface area contributed by atoms with Gasteiger partial charge in [0.05, 0.1) is 6.61 Å². The van der Waals surface area contributed by atoms with E-state index in [4.69, 9.17) is 17.0 Å². The first-order chi connectivity index (χ1) is 12.6. The molecule has 0 unspecified atom stereocenters. The van der Waals surface area contributed by atoms with Crippen LogP contribution in [0.5, 0.6) is 0 Å². The number of rotatable bonds is 8. The van der Waals surface area contributed by atoms with Crippen molar-refractivity contribution in [3.05, 3.63) is 41.0 Å². The van der Waals surface area contributed by atoms with Crippen LogP contribution in [-0.4, -0.2) is 36.2 Å². The third-order valence-corrected chi connectivity index (χ3v) is 5.30. The van der Waals surface area contributed by atoms with Crippen LogP contribution in [0.1, 0.15) is 23.7 Å². The van der Waals surface area contributed by atoms with Gasteiger partial charge in [-0.05, 0) is 55.3 Å². The van der Waals surface area contributed by atoms with E-state index in [1.54, 1.807) is 30.8 Å². The molecular weight excluding hydrogens is 391 g/mol. The van der Waals surface area contributed by atoms with Crippen LogP contribution in [0.2, 0.25) is 0 Å². The van der Waals surface area contributed by atoms with Crippen LogP contribution in [0.25, 0.3) is 11.1 Å². The quantitative estimate of drug-likeness (QED) is 0.370. The van der Waals surface area contributed by atoms with Crippen molar-refractivity contribution in [3.8, 4) is 11.1 Å². The molecule has 26 heavy (non-hydrogen) atoms. The van der Waals surface area contributed by atoms with Gasteiger partial charge in [0.1, 0.15) is 16.4 Å². The highest BCUT2D eigenvalue weighted by molar-refractivity contribution is 7.98. The van der Waals surface area contributed by atoms with Crippen LogP contribution < -0.4 is 10.6 Å². The van der Waals surface area contributed by atoms with Gasteiger partial charge in [-0.3, -0.25) is 0 Å². The van der Waals surface area contributed by atoms with Gasteiger partial charge in [-0.2, -0.15) is 11.8 Å². The summed E-state index contributed by atoms with van der Waals surface area (Å²) >= 11 is 8.46. The number of carbonyl (C=O) groups excluding carboxylic acids is 1. The molecule has 140 valence electrons. The van der Waals surface area contributed by atoms with Crippen molar-refractivity contribution in [1.29, 1.82) is 0 Å². The summed E-state index contributed by atoms with van der Waals surface area (Å²) in [5, 5.41) is 9.14. The first-order valence-electron chi connectivity index (χ1n) is 8.15. The fraction of sp³-hybridized carbons (Fsp3) is 0.333. The first kappa shape index (κ1) is 20.7. The predicted molar refractivity (Wildman–Crippen MR) is 113 cm³/mol.